The van der Waals surface area contributed by atoms with Gasteiger partial charge in [-0.2, -0.15) is 0 Å². The molecule has 0 saturated carbocycles. The minimum absolute atomic E-state index is 0.777. The van der Waals surface area contributed by atoms with E-state index < -0.39 is 0 Å². The van der Waals surface area contributed by atoms with Crippen LogP contribution in [0.4, 0.5) is 11.5 Å². The van der Waals surface area contributed by atoms with Crippen molar-refractivity contribution in [1.29, 1.82) is 0 Å². The van der Waals surface area contributed by atoms with Crippen molar-refractivity contribution >= 4 is 11.5 Å². The zero-order valence-corrected chi connectivity index (χ0v) is 7.25. The third-order valence-corrected chi connectivity index (χ3v) is 2.32. The molecule has 0 radical (unpaired) electrons. The molecule has 1 aliphatic heterocycles. The fourth-order valence-electron chi connectivity index (χ4n) is 1.27. The monoisotopic (exact) mass is 163 g/mol. The van der Waals surface area contributed by atoms with Crippen LogP contribution in [0, 0.1) is 6.92 Å². The maximum absolute atomic E-state index is 5.67. The van der Waals surface area contributed by atoms with E-state index in [0.717, 1.165) is 30.2 Å². The van der Waals surface area contributed by atoms with E-state index in [2.05, 4.69) is 16.0 Å². The Kier molecular flexibility index (Phi) is 1.64. The van der Waals surface area contributed by atoms with E-state index in [-0.39, 0.29) is 0 Å². The van der Waals surface area contributed by atoms with Crippen molar-refractivity contribution in [3.05, 3.63) is 17.8 Å². The van der Waals surface area contributed by atoms with Crippen molar-refractivity contribution in [3.63, 3.8) is 0 Å². The molecule has 2 N–H and O–H groups in total. The van der Waals surface area contributed by atoms with Gasteiger partial charge in [0, 0.05) is 13.1 Å². The Bertz CT molecular complexity index is 292. The maximum atomic E-state index is 5.67. The summed E-state index contributed by atoms with van der Waals surface area (Å²) in [6, 6.07) is 2.05. The largest absolute Gasteiger partial charge is 0.397 e. The van der Waals surface area contributed by atoms with Gasteiger partial charge in [-0.15, -0.1) is 0 Å². The van der Waals surface area contributed by atoms with Crippen LogP contribution in [0.2, 0.25) is 0 Å². The van der Waals surface area contributed by atoms with Crippen molar-refractivity contribution in [1.82, 2.24) is 4.98 Å². The number of nitrogens with zero attached hydrogens (tertiary/aromatic N) is 2. The minimum Gasteiger partial charge on any atom is -0.397 e. The molecule has 0 aromatic carbocycles. The lowest BCUT2D eigenvalue weighted by molar-refractivity contribution is 0.609. The molecule has 0 amide bonds. The highest BCUT2D eigenvalue weighted by molar-refractivity contribution is 5.52. The Labute approximate surface area is 72.2 Å². The SMILES string of the molecule is Cc1cc(N2CCC2)ncc1N. The Hall–Kier alpha value is -1.25. The normalized spacial score (nSPS) is 15.9. The lowest BCUT2D eigenvalue weighted by atomic mass is 10.2. The Morgan fingerprint density at radius 2 is 2.25 bits per heavy atom. The van der Waals surface area contributed by atoms with Crippen LogP contribution >= 0.6 is 0 Å². The van der Waals surface area contributed by atoms with Crippen LogP contribution in [0.3, 0.4) is 0 Å². The van der Waals surface area contributed by atoms with Crippen LogP contribution in [0.1, 0.15) is 12.0 Å². The lowest BCUT2D eigenvalue weighted by Gasteiger charge is -2.32. The predicted molar refractivity (Wildman–Crippen MR) is 50.2 cm³/mol. The first kappa shape index (κ1) is 7.40. The summed E-state index contributed by atoms with van der Waals surface area (Å²) < 4.78 is 0. The van der Waals surface area contributed by atoms with E-state index in [9.17, 15) is 0 Å². The van der Waals surface area contributed by atoms with Gasteiger partial charge in [-0.1, -0.05) is 0 Å². The standard InChI is InChI=1S/C9H13N3/c1-7-5-9(11-6-8(7)10)12-3-2-4-12/h5-6H,2-4,10H2,1H3. The molecule has 0 aliphatic carbocycles. The van der Waals surface area contributed by atoms with E-state index in [1.54, 1.807) is 6.20 Å². The highest BCUT2D eigenvalue weighted by atomic mass is 15.2. The van der Waals surface area contributed by atoms with Gasteiger partial charge in [0.1, 0.15) is 5.82 Å². The number of aromatic nitrogens is 1. The van der Waals surface area contributed by atoms with E-state index in [1.165, 1.54) is 6.42 Å². The van der Waals surface area contributed by atoms with Gasteiger partial charge >= 0.3 is 0 Å². The lowest BCUT2D eigenvalue weighted by Crippen LogP contribution is -2.37. The van der Waals surface area contributed by atoms with Crippen LogP contribution in [-0.4, -0.2) is 18.1 Å². The molecule has 3 nitrogen and oxygen atoms in total. The second-order valence-electron chi connectivity index (χ2n) is 3.24. The number of aryl methyl sites for hydroxylation is 1. The van der Waals surface area contributed by atoms with Crippen LogP contribution in [-0.2, 0) is 0 Å². The van der Waals surface area contributed by atoms with Gasteiger partial charge in [-0.05, 0) is 25.0 Å². The predicted octanol–water partition coefficient (Wildman–Crippen LogP) is 1.18. The van der Waals surface area contributed by atoms with Crippen molar-refractivity contribution in [2.45, 2.75) is 13.3 Å². The van der Waals surface area contributed by atoms with Crippen LogP contribution in [0.15, 0.2) is 12.3 Å². The summed E-state index contributed by atoms with van der Waals surface area (Å²) in [5, 5.41) is 0. The Morgan fingerprint density at radius 3 is 2.75 bits per heavy atom. The summed E-state index contributed by atoms with van der Waals surface area (Å²) in [4.78, 5) is 6.52. The number of hydrogen-bond donors (Lipinski definition) is 1. The third kappa shape index (κ3) is 1.11. The number of hydrogen-bond acceptors (Lipinski definition) is 3. The summed E-state index contributed by atoms with van der Waals surface area (Å²) in [6.07, 6.45) is 3.02. The van der Waals surface area contributed by atoms with Gasteiger partial charge in [-0.3, -0.25) is 0 Å². The van der Waals surface area contributed by atoms with Crippen molar-refractivity contribution in [3.8, 4) is 0 Å². The third-order valence-electron chi connectivity index (χ3n) is 2.32. The van der Waals surface area contributed by atoms with E-state index in [0.29, 0.717) is 0 Å². The molecule has 1 aliphatic rings. The molecule has 0 spiro atoms. The van der Waals surface area contributed by atoms with E-state index in [1.807, 2.05) is 6.92 Å². The van der Waals surface area contributed by atoms with Crippen LogP contribution in [0.25, 0.3) is 0 Å². The molecule has 0 atom stereocenters. The summed E-state index contributed by atoms with van der Waals surface area (Å²) in [5.41, 5.74) is 7.56. The summed E-state index contributed by atoms with van der Waals surface area (Å²) >= 11 is 0. The molecule has 1 saturated heterocycles. The van der Waals surface area contributed by atoms with Crippen LogP contribution < -0.4 is 10.6 Å². The minimum atomic E-state index is 0.777. The molecule has 1 aromatic heterocycles. The average molecular weight is 163 g/mol. The zero-order chi connectivity index (χ0) is 8.55. The average Bonchev–Trinajstić information content (AvgIpc) is 1.93. The highest BCUT2D eigenvalue weighted by Crippen LogP contribution is 2.20. The second-order valence-corrected chi connectivity index (χ2v) is 3.24. The van der Waals surface area contributed by atoms with Crippen molar-refractivity contribution in [2.24, 2.45) is 0 Å². The Balaban J connectivity index is 2.27. The molecule has 2 heterocycles. The van der Waals surface area contributed by atoms with Crippen LogP contribution in [0.5, 0.6) is 0 Å². The maximum Gasteiger partial charge on any atom is 0.128 e. The number of nitrogen functional groups attached to an aromatic ring is 1. The second kappa shape index (κ2) is 2.66. The van der Waals surface area contributed by atoms with E-state index in [4.69, 9.17) is 5.73 Å². The summed E-state index contributed by atoms with van der Waals surface area (Å²) in [6.45, 7) is 4.28. The molecular formula is C9H13N3. The van der Waals surface area contributed by atoms with Gasteiger partial charge in [0.2, 0.25) is 0 Å². The molecule has 3 heteroatoms. The van der Waals surface area contributed by atoms with Gasteiger partial charge in [-0.25, -0.2) is 4.98 Å². The zero-order valence-electron chi connectivity index (χ0n) is 7.25. The number of anilines is 2. The Morgan fingerprint density at radius 1 is 1.50 bits per heavy atom. The molecule has 64 valence electrons. The quantitative estimate of drug-likeness (QED) is 0.676. The molecule has 2 rings (SSSR count). The fourth-order valence-corrected chi connectivity index (χ4v) is 1.27. The molecule has 12 heavy (non-hydrogen) atoms. The first-order chi connectivity index (χ1) is 5.77. The topological polar surface area (TPSA) is 42.2 Å². The number of nitrogens with two attached hydrogens (primary N) is 1. The van der Waals surface area contributed by atoms with Crippen molar-refractivity contribution < 1.29 is 0 Å². The smallest absolute Gasteiger partial charge is 0.128 e. The summed E-state index contributed by atoms with van der Waals surface area (Å²) in [5.74, 6) is 1.06. The van der Waals surface area contributed by atoms with E-state index >= 15 is 0 Å². The molecule has 0 unspecified atom stereocenters. The first-order valence-electron chi connectivity index (χ1n) is 4.24. The molecule has 1 fully saturated rings. The van der Waals surface area contributed by atoms with Gasteiger partial charge in [0.25, 0.3) is 0 Å². The van der Waals surface area contributed by atoms with Gasteiger partial charge < -0.3 is 10.6 Å². The molecule has 1 aromatic rings. The number of rotatable bonds is 1. The fraction of sp³-hybridized carbons (Fsp3) is 0.444. The molecular weight excluding hydrogens is 150 g/mol. The molecule has 0 bridgehead atoms. The highest BCUT2D eigenvalue weighted by Gasteiger charge is 2.15. The van der Waals surface area contributed by atoms with Crippen molar-refractivity contribution in [2.75, 3.05) is 23.7 Å². The number of pyridine rings is 1. The summed E-state index contributed by atoms with van der Waals surface area (Å²) in [7, 11) is 0. The first-order valence-corrected chi connectivity index (χ1v) is 4.24. The van der Waals surface area contributed by atoms with Gasteiger partial charge in [0.05, 0.1) is 11.9 Å². The van der Waals surface area contributed by atoms with Gasteiger partial charge in [0.15, 0.2) is 0 Å².